The molecule has 1 fully saturated rings. The summed E-state index contributed by atoms with van der Waals surface area (Å²) < 4.78 is 4.89. The van der Waals surface area contributed by atoms with Gasteiger partial charge in [-0.25, -0.2) is 4.79 Å². The van der Waals surface area contributed by atoms with Gasteiger partial charge >= 0.3 is 12.0 Å². The van der Waals surface area contributed by atoms with Crippen molar-refractivity contribution in [1.82, 2.24) is 10.2 Å². The standard InChI is InChI=1S/C21H19Cl2N3O5/c1-12-3-5-13(6-4-12)21(2)19(29)26(20(30)25-21)10-18(28)31-11-17(27)24-16-8-7-14(22)9-15(16)23/h3-9H,10-11H2,1-2H3,(H,24,27)(H,25,30). The first-order valence-electron chi connectivity index (χ1n) is 9.22. The highest BCUT2D eigenvalue weighted by Gasteiger charge is 2.49. The largest absolute Gasteiger partial charge is 0.454 e. The molecule has 0 spiro atoms. The molecule has 2 N–H and O–H groups in total. The van der Waals surface area contributed by atoms with E-state index in [1.54, 1.807) is 19.1 Å². The predicted octanol–water partition coefficient (Wildman–Crippen LogP) is 3.25. The fraction of sp³-hybridized carbons (Fsp3) is 0.238. The average Bonchev–Trinajstić information content (AvgIpc) is 2.93. The van der Waals surface area contributed by atoms with Gasteiger partial charge < -0.3 is 15.4 Å². The molecule has 0 aromatic heterocycles. The number of urea groups is 1. The maximum absolute atomic E-state index is 12.8. The maximum Gasteiger partial charge on any atom is 0.326 e. The fourth-order valence-electron chi connectivity index (χ4n) is 3.02. The number of ether oxygens (including phenoxy) is 1. The van der Waals surface area contributed by atoms with Crippen molar-refractivity contribution in [3.8, 4) is 0 Å². The van der Waals surface area contributed by atoms with Crippen molar-refractivity contribution in [2.75, 3.05) is 18.5 Å². The molecule has 0 saturated carbocycles. The number of aryl methyl sites for hydroxylation is 1. The van der Waals surface area contributed by atoms with Crippen molar-refractivity contribution < 1.29 is 23.9 Å². The number of nitrogens with zero attached hydrogens (tertiary/aromatic N) is 1. The van der Waals surface area contributed by atoms with Crippen LogP contribution in [0, 0.1) is 6.92 Å². The third-order valence-electron chi connectivity index (χ3n) is 4.76. The lowest BCUT2D eigenvalue weighted by atomic mass is 9.91. The Hall–Kier alpha value is -3.10. The molecule has 2 aromatic rings. The van der Waals surface area contributed by atoms with E-state index in [9.17, 15) is 19.2 Å². The molecule has 31 heavy (non-hydrogen) atoms. The number of anilines is 1. The van der Waals surface area contributed by atoms with Crippen LogP contribution in [0.15, 0.2) is 42.5 Å². The topological polar surface area (TPSA) is 105 Å². The first kappa shape index (κ1) is 22.6. The molecule has 1 aliphatic rings. The number of rotatable bonds is 6. The Labute approximate surface area is 188 Å². The fourth-order valence-corrected chi connectivity index (χ4v) is 3.48. The molecule has 0 aliphatic carbocycles. The van der Waals surface area contributed by atoms with Crippen molar-refractivity contribution in [3.05, 3.63) is 63.6 Å². The molecule has 0 radical (unpaired) electrons. The number of carbonyl (C=O) groups is 4. The monoisotopic (exact) mass is 463 g/mol. The summed E-state index contributed by atoms with van der Waals surface area (Å²) in [4.78, 5) is 50.0. The summed E-state index contributed by atoms with van der Waals surface area (Å²) in [5, 5.41) is 5.71. The number of hydrogen-bond acceptors (Lipinski definition) is 5. The molecular formula is C21H19Cl2N3O5. The second-order valence-electron chi connectivity index (χ2n) is 7.15. The van der Waals surface area contributed by atoms with Gasteiger partial charge in [0, 0.05) is 5.02 Å². The quantitative estimate of drug-likeness (QED) is 0.505. The van der Waals surface area contributed by atoms with Gasteiger partial charge in [-0.3, -0.25) is 19.3 Å². The van der Waals surface area contributed by atoms with E-state index in [2.05, 4.69) is 10.6 Å². The van der Waals surface area contributed by atoms with Crippen LogP contribution in [0.1, 0.15) is 18.1 Å². The van der Waals surface area contributed by atoms with Crippen LogP contribution in [0.5, 0.6) is 0 Å². The van der Waals surface area contributed by atoms with Gasteiger partial charge in [-0.2, -0.15) is 0 Å². The zero-order valence-corrected chi connectivity index (χ0v) is 18.2. The van der Waals surface area contributed by atoms with Gasteiger partial charge in [-0.15, -0.1) is 0 Å². The lowest BCUT2D eigenvalue weighted by Crippen LogP contribution is -2.41. The summed E-state index contributed by atoms with van der Waals surface area (Å²) >= 11 is 11.8. The molecule has 4 amide bonds. The highest BCUT2D eigenvalue weighted by atomic mass is 35.5. The number of esters is 1. The SMILES string of the molecule is Cc1ccc(C2(C)NC(=O)N(CC(=O)OCC(=O)Nc3ccc(Cl)cc3Cl)C2=O)cc1. The predicted molar refractivity (Wildman–Crippen MR) is 115 cm³/mol. The second-order valence-corrected chi connectivity index (χ2v) is 7.99. The van der Waals surface area contributed by atoms with Gasteiger partial charge in [0.1, 0.15) is 12.1 Å². The van der Waals surface area contributed by atoms with Crippen LogP contribution >= 0.6 is 23.2 Å². The Morgan fingerprint density at radius 1 is 1.13 bits per heavy atom. The van der Waals surface area contributed by atoms with Crippen LogP contribution in [0.3, 0.4) is 0 Å². The summed E-state index contributed by atoms with van der Waals surface area (Å²) in [6.45, 7) is 2.23. The van der Waals surface area contributed by atoms with E-state index in [1.165, 1.54) is 18.2 Å². The molecule has 10 heteroatoms. The van der Waals surface area contributed by atoms with E-state index < -0.39 is 42.5 Å². The number of carbonyl (C=O) groups excluding carboxylic acids is 4. The third-order valence-corrected chi connectivity index (χ3v) is 5.31. The Morgan fingerprint density at radius 3 is 2.45 bits per heavy atom. The summed E-state index contributed by atoms with van der Waals surface area (Å²) in [5.74, 6) is -2.14. The van der Waals surface area contributed by atoms with Gasteiger partial charge in [0.2, 0.25) is 0 Å². The lowest BCUT2D eigenvalue weighted by molar-refractivity contribution is -0.150. The molecule has 1 unspecified atom stereocenters. The number of nitrogens with one attached hydrogen (secondary N) is 2. The first-order chi connectivity index (χ1) is 14.6. The van der Waals surface area contributed by atoms with E-state index in [0.29, 0.717) is 16.3 Å². The number of amides is 4. The minimum absolute atomic E-state index is 0.224. The van der Waals surface area contributed by atoms with E-state index in [1.807, 2.05) is 19.1 Å². The Kier molecular flexibility index (Phi) is 6.52. The summed E-state index contributed by atoms with van der Waals surface area (Å²) in [5.41, 5.74) is 0.595. The number of halogens is 2. The third kappa shape index (κ3) is 4.98. The molecule has 162 valence electrons. The highest BCUT2D eigenvalue weighted by Crippen LogP contribution is 2.29. The normalized spacial score (nSPS) is 18.0. The number of benzene rings is 2. The van der Waals surface area contributed by atoms with Crippen LogP contribution in [0.4, 0.5) is 10.5 Å². The van der Waals surface area contributed by atoms with Crippen molar-refractivity contribution in [2.45, 2.75) is 19.4 Å². The van der Waals surface area contributed by atoms with Crippen LogP contribution in [0.2, 0.25) is 10.0 Å². The van der Waals surface area contributed by atoms with E-state index in [-0.39, 0.29) is 5.02 Å². The maximum atomic E-state index is 12.8. The first-order valence-corrected chi connectivity index (χ1v) is 9.97. The zero-order valence-electron chi connectivity index (χ0n) is 16.7. The molecular weight excluding hydrogens is 445 g/mol. The van der Waals surface area contributed by atoms with Gasteiger partial charge in [0.25, 0.3) is 11.8 Å². The van der Waals surface area contributed by atoms with E-state index in [4.69, 9.17) is 27.9 Å². The lowest BCUT2D eigenvalue weighted by Gasteiger charge is -2.22. The van der Waals surface area contributed by atoms with Crippen molar-refractivity contribution >= 4 is 52.7 Å². The van der Waals surface area contributed by atoms with Crippen LogP contribution in [-0.4, -0.2) is 41.9 Å². The smallest absolute Gasteiger partial charge is 0.326 e. The average molecular weight is 464 g/mol. The number of imide groups is 1. The van der Waals surface area contributed by atoms with Crippen LogP contribution < -0.4 is 10.6 Å². The van der Waals surface area contributed by atoms with Crippen molar-refractivity contribution in [1.29, 1.82) is 0 Å². The van der Waals surface area contributed by atoms with Crippen molar-refractivity contribution in [3.63, 3.8) is 0 Å². The van der Waals surface area contributed by atoms with Gasteiger partial charge in [-0.05, 0) is 37.6 Å². The second kappa shape index (κ2) is 8.95. The molecule has 0 bridgehead atoms. The molecule has 1 aliphatic heterocycles. The summed E-state index contributed by atoms with van der Waals surface area (Å²) in [6.07, 6.45) is 0. The van der Waals surface area contributed by atoms with Crippen molar-refractivity contribution in [2.24, 2.45) is 0 Å². The molecule has 8 nitrogen and oxygen atoms in total. The van der Waals surface area contributed by atoms with Crippen LogP contribution in [-0.2, 0) is 24.7 Å². The number of hydrogen-bond donors (Lipinski definition) is 2. The van der Waals surface area contributed by atoms with E-state index in [0.717, 1.165) is 10.5 Å². The zero-order chi connectivity index (χ0) is 22.8. The molecule has 1 atom stereocenters. The van der Waals surface area contributed by atoms with Gasteiger partial charge in [-0.1, -0.05) is 53.0 Å². The highest BCUT2D eigenvalue weighted by molar-refractivity contribution is 6.36. The minimum atomic E-state index is -1.30. The van der Waals surface area contributed by atoms with Crippen LogP contribution in [0.25, 0.3) is 0 Å². The summed E-state index contributed by atoms with van der Waals surface area (Å²) in [7, 11) is 0. The Bertz CT molecular complexity index is 1060. The minimum Gasteiger partial charge on any atom is -0.454 e. The molecule has 2 aromatic carbocycles. The Morgan fingerprint density at radius 2 is 1.81 bits per heavy atom. The van der Waals surface area contributed by atoms with Gasteiger partial charge in [0.15, 0.2) is 6.61 Å². The van der Waals surface area contributed by atoms with Gasteiger partial charge in [0.05, 0.1) is 10.7 Å². The molecule has 3 rings (SSSR count). The Balaban J connectivity index is 1.57. The van der Waals surface area contributed by atoms with E-state index >= 15 is 0 Å². The molecule has 1 heterocycles. The summed E-state index contributed by atoms with van der Waals surface area (Å²) in [6, 6.07) is 10.9. The molecule has 1 saturated heterocycles.